The molecule has 20 heavy (non-hydrogen) atoms. The van der Waals surface area contributed by atoms with Gasteiger partial charge in [0.05, 0.1) is 0 Å². The molecule has 2 aromatic rings. The quantitative estimate of drug-likeness (QED) is 0.895. The fourth-order valence-electron chi connectivity index (χ4n) is 1.62. The number of carbonyl (C=O) groups excluding carboxylic acids is 1. The molecule has 0 aliphatic carbocycles. The molecule has 1 amide bonds. The Hall–Kier alpha value is -2.39. The Bertz CT molecular complexity index is 629. The van der Waals surface area contributed by atoms with Gasteiger partial charge < -0.3 is 5.32 Å². The van der Waals surface area contributed by atoms with Gasteiger partial charge in [-0.15, -0.1) is 5.10 Å². The van der Waals surface area contributed by atoms with Crippen molar-refractivity contribution in [1.29, 1.82) is 5.26 Å². The molecule has 0 aliphatic heterocycles. The smallest absolute Gasteiger partial charge is 0.252 e. The molecule has 0 atom stereocenters. The van der Waals surface area contributed by atoms with Gasteiger partial charge in [0.1, 0.15) is 18.9 Å². The first-order valence-electron chi connectivity index (χ1n) is 5.98. The van der Waals surface area contributed by atoms with Gasteiger partial charge in [-0.25, -0.2) is 9.67 Å². The predicted octanol–water partition coefficient (Wildman–Crippen LogP) is 1.16. The van der Waals surface area contributed by atoms with Crippen molar-refractivity contribution in [1.82, 2.24) is 20.1 Å². The maximum Gasteiger partial charge on any atom is 0.252 e. The van der Waals surface area contributed by atoms with Gasteiger partial charge in [-0.2, -0.15) is 5.26 Å². The maximum absolute atomic E-state index is 11.7. The van der Waals surface area contributed by atoms with E-state index >= 15 is 0 Å². The molecule has 6 nitrogen and oxygen atoms in total. The zero-order valence-electron chi connectivity index (χ0n) is 10.6. The van der Waals surface area contributed by atoms with Crippen LogP contribution in [0.25, 0.3) is 0 Å². The van der Waals surface area contributed by atoms with Crippen LogP contribution in [0.4, 0.5) is 0 Å². The third-order valence-corrected chi connectivity index (χ3v) is 2.84. The van der Waals surface area contributed by atoms with E-state index in [2.05, 4.69) is 15.4 Å². The number of hydrogen-bond donors (Lipinski definition) is 1. The normalized spacial score (nSPS) is 10.0. The molecule has 0 fully saturated rings. The van der Waals surface area contributed by atoms with Crippen molar-refractivity contribution < 1.29 is 4.79 Å². The highest BCUT2D eigenvalue weighted by Crippen LogP contribution is 2.09. The lowest BCUT2D eigenvalue weighted by atomic mass is 10.1. The third-order valence-electron chi connectivity index (χ3n) is 2.59. The summed E-state index contributed by atoms with van der Waals surface area (Å²) < 4.78 is 1.33. The van der Waals surface area contributed by atoms with Crippen LogP contribution in [-0.4, -0.2) is 27.2 Å². The van der Waals surface area contributed by atoms with Crippen LogP contribution >= 0.6 is 11.6 Å². The molecule has 1 aromatic carbocycles. The number of nitriles is 1. The number of amides is 1. The van der Waals surface area contributed by atoms with Crippen LogP contribution in [0, 0.1) is 11.3 Å². The number of carbonyl (C=O) groups is 1. The summed E-state index contributed by atoms with van der Waals surface area (Å²) in [5.41, 5.74) is 1.10. The number of nitrogens with one attached hydrogen (secondary N) is 1. The molecular formula is C13H12ClN5O. The lowest BCUT2D eigenvalue weighted by Crippen LogP contribution is -2.29. The van der Waals surface area contributed by atoms with E-state index in [-0.39, 0.29) is 18.3 Å². The number of nitrogens with zero attached hydrogens (tertiary/aromatic N) is 4. The SMILES string of the molecule is N#Cc1ncn(CC(=O)NCCc2ccc(Cl)cc2)n1. The van der Waals surface area contributed by atoms with Crippen molar-refractivity contribution in [3.05, 3.63) is 47.0 Å². The summed E-state index contributed by atoms with van der Waals surface area (Å²) in [6.45, 7) is 0.579. The summed E-state index contributed by atoms with van der Waals surface area (Å²) >= 11 is 5.79. The van der Waals surface area contributed by atoms with Crippen LogP contribution in [0.1, 0.15) is 11.4 Å². The van der Waals surface area contributed by atoms with Crippen molar-refractivity contribution >= 4 is 17.5 Å². The molecule has 2 rings (SSSR count). The van der Waals surface area contributed by atoms with Crippen molar-refractivity contribution in [2.75, 3.05) is 6.54 Å². The monoisotopic (exact) mass is 289 g/mol. The van der Waals surface area contributed by atoms with E-state index in [1.54, 1.807) is 6.07 Å². The molecule has 1 aromatic heterocycles. The second kappa shape index (κ2) is 6.68. The average Bonchev–Trinajstić information content (AvgIpc) is 2.88. The predicted molar refractivity (Wildman–Crippen MR) is 72.9 cm³/mol. The topological polar surface area (TPSA) is 83.6 Å². The van der Waals surface area contributed by atoms with Crippen LogP contribution in [0.3, 0.4) is 0 Å². The second-order valence-electron chi connectivity index (χ2n) is 4.10. The molecule has 1 heterocycles. The number of aromatic nitrogens is 3. The fraction of sp³-hybridized carbons (Fsp3) is 0.231. The summed E-state index contributed by atoms with van der Waals surface area (Å²) in [4.78, 5) is 15.4. The summed E-state index contributed by atoms with van der Waals surface area (Å²) in [6, 6.07) is 9.28. The van der Waals surface area contributed by atoms with Gasteiger partial charge in [-0.05, 0) is 24.1 Å². The molecule has 0 aliphatic rings. The second-order valence-corrected chi connectivity index (χ2v) is 4.54. The van der Waals surface area contributed by atoms with Gasteiger partial charge in [-0.3, -0.25) is 4.79 Å². The Kier molecular flexibility index (Phi) is 4.69. The standard InChI is InChI=1S/C13H12ClN5O/c14-11-3-1-10(2-4-11)5-6-16-13(20)8-19-9-17-12(7-15)18-19/h1-4,9H,5-6,8H2,(H,16,20). The Morgan fingerprint density at radius 2 is 2.15 bits per heavy atom. The Morgan fingerprint density at radius 3 is 2.80 bits per heavy atom. The molecule has 0 bridgehead atoms. The first-order chi connectivity index (χ1) is 9.67. The Morgan fingerprint density at radius 1 is 1.40 bits per heavy atom. The number of rotatable bonds is 5. The van der Waals surface area contributed by atoms with Gasteiger partial charge in [-0.1, -0.05) is 23.7 Å². The Labute approximate surface area is 121 Å². The average molecular weight is 290 g/mol. The van der Waals surface area contributed by atoms with Crippen molar-refractivity contribution in [2.24, 2.45) is 0 Å². The van der Waals surface area contributed by atoms with Crippen LogP contribution in [-0.2, 0) is 17.8 Å². The van der Waals surface area contributed by atoms with Crippen molar-refractivity contribution in [2.45, 2.75) is 13.0 Å². The van der Waals surface area contributed by atoms with Gasteiger partial charge >= 0.3 is 0 Å². The summed E-state index contributed by atoms with van der Waals surface area (Å²) in [7, 11) is 0. The van der Waals surface area contributed by atoms with E-state index in [0.717, 1.165) is 12.0 Å². The minimum Gasteiger partial charge on any atom is -0.354 e. The van der Waals surface area contributed by atoms with E-state index in [1.165, 1.54) is 11.0 Å². The molecular weight excluding hydrogens is 278 g/mol. The highest BCUT2D eigenvalue weighted by molar-refractivity contribution is 6.30. The summed E-state index contributed by atoms with van der Waals surface area (Å²) in [6.07, 6.45) is 2.08. The number of halogens is 1. The van der Waals surface area contributed by atoms with E-state index in [9.17, 15) is 4.79 Å². The zero-order chi connectivity index (χ0) is 14.4. The first-order valence-corrected chi connectivity index (χ1v) is 6.36. The molecule has 0 saturated heterocycles. The lowest BCUT2D eigenvalue weighted by Gasteiger charge is -2.05. The highest BCUT2D eigenvalue weighted by Gasteiger charge is 2.05. The zero-order valence-corrected chi connectivity index (χ0v) is 11.3. The maximum atomic E-state index is 11.7. The van der Waals surface area contributed by atoms with Crippen molar-refractivity contribution in [3.8, 4) is 6.07 Å². The van der Waals surface area contributed by atoms with Crippen LogP contribution in [0.5, 0.6) is 0 Å². The minimum absolute atomic E-state index is 0.0509. The summed E-state index contributed by atoms with van der Waals surface area (Å²) in [5.74, 6) is -0.118. The summed E-state index contributed by atoms with van der Waals surface area (Å²) in [5, 5.41) is 15.9. The van der Waals surface area contributed by atoms with Gasteiger partial charge in [0.15, 0.2) is 0 Å². The van der Waals surface area contributed by atoms with E-state index in [4.69, 9.17) is 16.9 Å². The van der Waals surface area contributed by atoms with Gasteiger partial charge in [0, 0.05) is 11.6 Å². The lowest BCUT2D eigenvalue weighted by molar-refractivity contribution is -0.121. The first kappa shape index (κ1) is 14.0. The van der Waals surface area contributed by atoms with Crippen LogP contribution in [0.15, 0.2) is 30.6 Å². The minimum atomic E-state index is -0.173. The molecule has 102 valence electrons. The van der Waals surface area contributed by atoms with Crippen LogP contribution < -0.4 is 5.32 Å². The van der Waals surface area contributed by atoms with E-state index in [0.29, 0.717) is 11.6 Å². The molecule has 0 radical (unpaired) electrons. The highest BCUT2D eigenvalue weighted by atomic mass is 35.5. The molecule has 7 heteroatoms. The number of hydrogen-bond acceptors (Lipinski definition) is 4. The number of benzene rings is 1. The van der Waals surface area contributed by atoms with E-state index in [1.807, 2.05) is 24.3 Å². The van der Waals surface area contributed by atoms with Gasteiger partial charge in [0.2, 0.25) is 5.91 Å². The molecule has 0 unspecified atom stereocenters. The van der Waals surface area contributed by atoms with Crippen molar-refractivity contribution in [3.63, 3.8) is 0 Å². The third kappa shape index (κ3) is 4.07. The fourth-order valence-corrected chi connectivity index (χ4v) is 1.75. The Balaban J connectivity index is 1.75. The molecule has 1 N–H and O–H groups in total. The largest absolute Gasteiger partial charge is 0.354 e. The molecule has 0 spiro atoms. The molecule has 0 saturated carbocycles. The van der Waals surface area contributed by atoms with E-state index < -0.39 is 0 Å². The van der Waals surface area contributed by atoms with Gasteiger partial charge in [0.25, 0.3) is 5.82 Å². The van der Waals surface area contributed by atoms with Crippen LogP contribution in [0.2, 0.25) is 5.02 Å².